The summed E-state index contributed by atoms with van der Waals surface area (Å²) in [6.45, 7) is 9.98. The Morgan fingerprint density at radius 3 is 2.83 bits per heavy atom. The summed E-state index contributed by atoms with van der Waals surface area (Å²) >= 11 is 6.15. The molecule has 29 heavy (non-hydrogen) atoms. The van der Waals surface area contributed by atoms with E-state index in [2.05, 4.69) is 48.4 Å². The quantitative estimate of drug-likeness (QED) is 0.405. The number of nitrogens with zero attached hydrogens (tertiary/aromatic N) is 3. The van der Waals surface area contributed by atoms with Crippen LogP contribution >= 0.6 is 11.6 Å². The second-order valence-electron chi connectivity index (χ2n) is 7.54. The second kappa shape index (κ2) is 9.35. The highest BCUT2D eigenvalue weighted by Gasteiger charge is 2.14. The topological polar surface area (TPSA) is 70.0 Å². The monoisotopic (exact) mass is 414 g/mol. The smallest absolute Gasteiger partial charge is 0.191 e. The molecule has 0 amide bonds. The molecule has 1 unspecified atom stereocenters. The molecular weight excluding hydrogens is 384 g/mol. The van der Waals surface area contributed by atoms with E-state index in [0.29, 0.717) is 6.54 Å². The minimum atomic E-state index is 0.251. The first-order chi connectivity index (χ1) is 13.9. The van der Waals surface area contributed by atoms with Crippen LogP contribution in [0.25, 0.3) is 10.9 Å². The Kier molecular flexibility index (Phi) is 6.85. The van der Waals surface area contributed by atoms with E-state index in [1.807, 2.05) is 36.1 Å². The van der Waals surface area contributed by atoms with Crippen LogP contribution in [0.15, 0.2) is 29.4 Å². The van der Waals surface area contributed by atoms with Gasteiger partial charge in [0.1, 0.15) is 0 Å². The highest BCUT2D eigenvalue weighted by Crippen LogP contribution is 2.22. The average molecular weight is 415 g/mol. The molecular formula is C22H31ClN6. The van der Waals surface area contributed by atoms with Gasteiger partial charge in [-0.15, -0.1) is 0 Å². The predicted octanol–water partition coefficient (Wildman–Crippen LogP) is 3.90. The summed E-state index contributed by atoms with van der Waals surface area (Å²) < 4.78 is 1.95. The Hall–Kier alpha value is -2.47. The van der Waals surface area contributed by atoms with E-state index in [4.69, 9.17) is 16.6 Å². The molecule has 2 heterocycles. The van der Waals surface area contributed by atoms with Gasteiger partial charge in [-0.25, -0.2) is 0 Å². The fourth-order valence-corrected chi connectivity index (χ4v) is 3.84. The molecule has 3 N–H and O–H groups in total. The fourth-order valence-electron chi connectivity index (χ4n) is 3.67. The molecule has 0 aliphatic heterocycles. The Labute approximate surface area is 177 Å². The molecule has 1 atom stereocenters. The Morgan fingerprint density at radius 2 is 2.14 bits per heavy atom. The lowest BCUT2D eigenvalue weighted by Gasteiger charge is -2.18. The van der Waals surface area contributed by atoms with Gasteiger partial charge in [0, 0.05) is 54.0 Å². The zero-order chi connectivity index (χ0) is 21.0. The standard InChI is InChI=1S/C22H31ClN6/c1-6-24-22(27-14(2)11-19-15(3)28-29(5)16(19)4)25-10-9-17-13-26-21-8-7-18(23)12-20(17)21/h7-8,12-14,26H,6,9-11H2,1-5H3,(H2,24,25,27). The minimum absolute atomic E-state index is 0.251. The zero-order valence-corrected chi connectivity index (χ0v) is 18.7. The molecule has 7 heteroatoms. The molecule has 0 saturated heterocycles. The number of benzene rings is 1. The van der Waals surface area contributed by atoms with Crippen molar-refractivity contribution >= 4 is 28.5 Å². The number of aromatic nitrogens is 3. The van der Waals surface area contributed by atoms with Crippen LogP contribution in [0.2, 0.25) is 5.02 Å². The minimum Gasteiger partial charge on any atom is -0.361 e. The maximum absolute atomic E-state index is 6.15. The molecule has 1 aromatic carbocycles. The van der Waals surface area contributed by atoms with E-state index in [-0.39, 0.29) is 6.04 Å². The largest absolute Gasteiger partial charge is 0.361 e. The van der Waals surface area contributed by atoms with Gasteiger partial charge in [0.05, 0.1) is 5.69 Å². The van der Waals surface area contributed by atoms with Crippen LogP contribution in [-0.4, -0.2) is 39.9 Å². The summed E-state index contributed by atoms with van der Waals surface area (Å²) in [4.78, 5) is 8.08. The van der Waals surface area contributed by atoms with Gasteiger partial charge in [-0.1, -0.05) is 11.6 Å². The van der Waals surface area contributed by atoms with Gasteiger partial charge in [-0.05, 0) is 69.9 Å². The summed E-state index contributed by atoms with van der Waals surface area (Å²) in [5, 5.41) is 13.3. The van der Waals surface area contributed by atoms with Crippen molar-refractivity contribution in [1.82, 2.24) is 25.4 Å². The lowest BCUT2D eigenvalue weighted by atomic mass is 10.1. The number of aryl methyl sites for hydroxylation is 2. The number of rotatable bonds is 7. The maximum Gasteiger partial charge on any atom is 0.191 e. The Morgan fingerprint density at radius 1 is 1.34 bits per heavy atom. The summed E-state index contributed by atoms with van der Waals surface area (Å²) in [6, 6.07) is 6.18. The summed E-state index contributed by atoms with van der Waals surface area (Å²) in [5.74, 6) is 0.845. The second-order valence-corrected chi connectivity index (χ2v) is 7.97. The van der Waals surface area contributed by atoms with E-state index in [1.165, 1.54) is 22.2 Å². The van der Waals surface area contributed by atoms with Crippen molar-refractivity contribution < 1.29 is 0 Å². The van der Waals surface area contributed by atoms with Crippen molar-refractivity contribution in [2.45, 2.75) is 46.6 Å². The highest BCUT2D eigenvalue weighted by molar-refractivity contribution is 6.31. The maximum atomic E-state index is 6.15. The summed E-state index contributed by atoms with van der Waals surface area (Å²) in [7, 11) is 1.99. The van der Waals surface area contributed by atoms with Crippen molar-refractivity contribution in [1.29, 1.82) is 0 Å². The number of nitrogens with one attached hydrogen (secondary N) is 3. The third-order valence-electron chi connectivity index (χ3n) is 5.28. The van der Waals surface area contributed by atoms with Gasteiger partial charge < -0.3 is 15.6 Å². The molecule has 0 aliphatic carbocycles. The van der Waals surface area contributed by atoms with Crippen LogP contribution in [-0.2, 0) is 19.9 Å². The number of aliphatic imine (C=N–C) groups is 1. The van der Waals surface area contributed by atoms with Crippen molar-refractivity contribution in [2.24, 2.45) is 12.0 Å². The van der Waals surface area contributed by atoms with E-state index in [1.54, 1.807) is 0 Å². The number of guanidine groups is 1. The van der Waals surface area contributed by atoms with E-state index in [9.17, 15) is 0 Å². The van der Waals surface area contributed by atoms with Crippen LogP contribution in [0.4, 0.5) is 0 Å². The van der Waals surface area contributed by atoms with Crippen LogP contribution in [0, 0.1) is 13.8 Å². The molecule has 0 saturated carbocycles. The SMILES string of the molecule is CCNC(=NCCc1c[nH]c2ccc(Cl)cc12)NC(C)Cc1c(C)nn(C)c1C. The number of halogens is 1. The van der Waals surface area contributed by atoms with Crippen LogP contribution in [0.3, 0.4) is 0 Å². The number of H-pyrrole nitrogens is 1. The van der Waals surface area contributed by atoms with E-state index >= 15 is 0 Å². The molecule has 0 fully saturated rings. The van der Waals surface area contributed by atoms with Crippen molar-refractivity contribution in [3.63, 3.8) is 0 Å². The van der Waals surface area contributed by atoms with E-state index < -0.39 is 0 Å². The van der Waals surface area contributed by atoms with Gasteiger partial charge in [0.15, 0.2) is 5.96 Å². The third kappa shape index (κ3) is 5.12. The third-order valence-corrected chi connectivity index (χ3v) is 5.51. The van der Waals surface area contributed by atoms with Gasteiger partial charge in [-0.2, -0.15) is 5.10 Å². The molecule has 0 spiro atoms. The lowest BCUT2D eigenvalue weighted by Crippen LogP contribution is -2.43. The first-order valence-corrected chi connectivity index (χ1v) is 10.6. The molecule has 156 valence electrons. The van der Waals surface area contributed by atoms with Gasteiger partial charge in [0.25, 0.3) is 0 Å². The Bertz CT molecular complexity index is 1000. The highest BCUT2D eigenvalue weighted by atomic mass is 35.5. The lowest BCUT2D eigenvalue weighted by molar-refractivity contribution is 0.636. The van der Waals surface area contributed by atoms with Gasteiger partial charge >= 0.3 is 0 Å². The van der Waals surface area contributed by atoms with Crippen LogP contribution < -0.4 is 10.6 Å². The Balaban J connectivity index is 1.63. The van der Waals surface area contributed by atoms with Gasteiger partial charge in [0.2, 0.25) is 0 Å². The number of aromatic amines is 1. The summed E-state index contributed by atoms with van der Waals surface area (Å²) in [6.07, 6.45) is 3.82. The first-order valence-electron chi connectivity index (χ1n) is 10.2. The number of hydrogen-bond acceptors (Lipinski definition) is 2. The van der Waals surface area contributed by atoms with Gasteiger partial charge in [-0.3, -0.25) is 9.67 Å². The van der Waals surface area contributed by atoms with Crippen LogP contribution in [0.5, 0.6) is 0 Å². The fraction of sp³-hybridized carbons (Fsp3) is 0.455. The molecule has 0 aliphatic rings. The zero-order valence-electron chi connectivity index (χ0n) is 17.9. The molecule has 3 rings (SSSR count). The normalized spacial score (nSPS) is 13.1. The molecule has 3 aromatic rings. The molecule has 0 bridgehead atoms. The molecule has 0 radical (unpaired) electrons. The molecule has 2 aromatic heterocycles. The van der Waals surface area contributed by atoms with Crippen LogP contribution in [0.1, 0.15) is 36.4 Å². The van der Waals surface area contributed by atoms with Crippen molar-refractivity contribution in [3.8, 4) is 0 Å². The number of fused-ring (bicyclic) bond motifs is 1. The summed E-state index contributed by atoms with van der Waals surface area (Å²) in [5.41, 5.74) is 5.96. The predicted molar refractivity (Wildman–Crippen MR) is 122 cm³/mol. The van der Waals surface area contributed by atoms with Crippen molar-refractivity contribution in [2.75, 3.05) is 13.1 Å². The number of hydrogen-bond donors (Lipinski definition) is 3. The molecule has 6 nitrogen and oxygen atoms in total. The van der Waals surface area contributed by atoms with E-state index in [0.717, 1.165) is 41.6 Å². The van der Waals surface area contributed by atoms with Crippen molar-refractivity contribution in [3.05, 3.63) is 51.9 Å². The average Bonchev–Trinajstić information content (AvgIpc) is 3.17. The first kappa shape index (κ1) is 21.2.